The monoisotopic (exact) mass is 367 g/mol. The Morgan fingerprint density at radius 1 is 1.23 bits per heavy atom. The molecule has 0 aliphatic carbocycles. The van der Waals surface area contributed by atoms with Gasteiger partial charge in [-0.1, -0.05) is 30.7 Å². The molecule has 4 nitrogen and oxygen atoms in total. The van der Waals surface area contributed by atoms with Crippen LogP contribution in [0.25, 0.3) is 0 Å². The fourth-order valence-corrected chi connectivity index (χ4v) is 2.45. The largest absolute Gasteiger partial charge is 0.488 e. The number of halogens is 3. The third-order valence-electron chi connectivity index (χ3n) is 3.85. The molecule has 0 bridgehead atoms. The lowest BCUT2D eigenvalue weighted by Crippen LogP contribution is -2.14. The summed E-state index contributed by atoms with van der Waals surface area (Å²) < 4.78 is 45.1. The zero-order valence-electron chi connectivity index (χ0n) is 14.5. The van der Waals surface area contributed by atoms with Crippen LogP contribution in [-0.4, -0.2) is 11.0 Å². The summed E-state index contributed by atoms with van der Waals surface area (Å²) in [5.74, 6) is -0.545. The molecule has 0 radical (unpaired) electrons. The van der Waals surface area contributed by atoms with E-state index in [4.69, 9.17) is 4.74 Å². The predicted octanol–water partition coefficient (Wildman–Crippen LogP) is 4.43. The van der Waals surface area contributed by atoms with Crippen molar-refractivity contribution in [3.63, 3.8) is 0 Å². The first-order valence-electron chi connectivity index (χ1n) is 8.08. The van der Waals surface area contributed by atoms with E-state index in [0.717, 1.165) is 6.07 Å². The van der Waals surface area contributed by atoms with Crippen molar-refractivity contribution in [1.82, 2.24) is 0 Å². The molecule has 0 heterocycles. The van der Waals surface area contributed by atoms with Crippen LogP contribution in [0.4, 0.5) is 18.9 Å². The second-order valence-corrected chi connectivity index (χ2v) is 5.79. The Bertz CT molecular complexity index is 788. The molecule has 0 atom stereocenters. The molecule has 2 aromatic carbocycles. The summed E-state index contributed by atoms with van der Waals surface area (Å²) >= 11 is 0. The van der Waals surface area contributed by atoms with E-state index in [2.05, 4.69) is 5.32 Å². The smallest absolute Gasteiger partial charge is 0.419 e. The maximum atomic E-state index is 13.2. The molecule has 7 heteroatoms. The Morgan fingerprint density at radius 3 is 2.58 bits per heavy atom. The van der Waals surface area contributed by atoms with Gasteiger partial charge < -0.3 is 15.2 Å². The quantitative estimate of drug-likeness (QED) is 0.794. The molecule has 0 saturated carbocycles. The van der Waals surface area contributed by atoms with Crippen LogP contribution in [0.1, 0.15) is 35.6 Å². The predicted molar refractivity (Wildman–Crippen MR) is 91.8 cm³/mol. The molecule has 0 spiro atoms. The SMILES string of the molecule is CCC(=O)Nc1cccc(CO)c1COc1ccc(C)cc1C(F)(F)F. The van der Waals surface area contributed by atoms with Gasteiger partial charge in [-0.25, -0.2) is 0 Å². The van der Waals surface area contributed by atoms with E-state index < -0.39 is 11.7 Å². The van der Waals surface area contributed by atoms with Gasteiger partial charge in [-0.3, -0.25) is 4.79 Å². The molecule has 2 rings (SSSR count). The van der Waals surface area contributed by atoms with Crippen molar-refractivity contribution in [2.24, 2.45) is 0 Å². The van der Waals surface area contributed by atoms with E-state index in [1.54, 1.807) is 32.0 Å². The topological polar surface area (TPSA) is 58.6 Å². The van der Waals surface area contributed by atoms with E-state index in [0.29, 0.717) is 22.4 Å². The highest BCUT2D eigenvalue weighted by atomic mass is 19.4. The van der Waals surface area contributed by atoms with Gasteiger partial charge in [-0.05, 0) is 30.7 Å². The van der Waals surface area contributed by atoms with Gasteiger partial charge in [-0.2, -0.15) is 13.2 Å². The fraction of sp³-hybridized carbons (Fsp3) is 0.316. The van der Waals surface area contributed by atoms with E-state index in [-0.39, 0.29) is 31.3 Å². The van der Waals surface area contributed by atoms with Crippen LogP contribution in [0.15, 0.2) is 36.4 Å². The highest BCUT2D eigenvalue weighted by Crippen LogP contribution is 2.37. The molecule has 140 valence electrons. The molecule has 0 saturated heterocycles. The van der Waals surface area contributed by atoms with Crippen molar-refractivity contribution in [2.75, 3.05) is 5.32 Å². The number of nitrogens with one attached hydrogen (secondary N) is 1. The number of carbonyl (C=O) groups is 1. The Labute approximate surface area is 149 Å². The van der Waals surface area contributed by atoms with Crippen molar-refractivity contribution < 1.29 is 27.8 Å². The molecular formula is C19H20F3NO3. The Kier molecular flexibility index (Phi) is 6.26. The first kappa shape index (κ1) is 19.8. The molecule has 26 heavy (non-hydrogen) atoms. The standard InChI is InChI=1S/C19H20F3NO3/c1-3-18(25)23-16-6-4-5-13(10-24)14(16)11-26-17-8-7-12(2)9-15(17)19(20,21)22/h4-9,24H,3,10-11H2,1-2H3,(H,23,25). The molecule has 1 amide bonds. The number of amides is 1. The third kappa shape index (κ3) is 4.76. The van der Waals surface area contributed by atoms with Crippen LogP contribution < -0.4 is 10.1 Å². The molecule has 2 N–H and O–H groups in total. The van der Waals surface area contributed by atoms with Crippen LogP contribution in [0.2, 0.25) is 0 Å². The van der Waals surface area contributed by atoms with Crippen LogP contribution in [0.3, 0.4) is 0 Å². The minimum Gasteiger partial charge on any atom is -0.488 e. The number of benzene rings is 2. The summed E-state index contributed by atoms with van der Waals surface area (Å²) in [6.07, 6.45) is -4.29. The third-order valence-corrected chi connectivity index (χ3v) is 3.85. The number of aliphatic hydroxyl groups is 1. The minimum absolute atomic E-state index is 0.220. The zero-order valence-corrected chi connectivity index (χ0v) is 14.5. The number of ether oxygens (including phenoxy) is 1. The van der Waals surface area contributed by atoms with Gasteiger partial charge in [-0.15, -0.1) is 0 Å². The molecule has 2 aromatic rings. The molecule has 0 fully saturated rings. The van der Waals surface area contributed by atoms with Gasteiger partial charge in [0.2, 0.25) is 5.91 Å². The molecule has 0 aromatic heterocycles. The molecule has 0 aliphatic heterocycles. The van der Waals surface area contributed by atoms with Crippen molar-refractivity contribution in [3.8, 4) is 5.75 Å². The number of anilines is 1. The lowest BCUT2D eigenvalue weighted by molar-refractivity contribution is -0.139. The van der Waals surface area contributed by atoms with Gasteiger partial charge >= 0.3 is 6.18 Å². The second-order valence-electron chi connectivity index (χ2n) is 5.79. The summed E-state index contributed by atoms with van der Waals surface area (Å²) in [5, 5.41) is 12.2. The summed E-state index contributed by atoms with van der Waals surface area (Å²) in [4.78, 5) is 11.7. The highest BCUT2D eigenvalue weighted by molar-refractivity contribution is 5.91. The lowest BCUT2D eigenvalue weighted by atomic mass is 10.1. The van der Waals surface area contributed by atoms with Gasteiger partial charge in [0, 0.05) is 17.7 Å². The van der Waals surface area contributed by atoms with Gasteiger partial charge in [0.1, 0.15) is 12.4 Å². The average Bonchev–Trinajstić information content (AvgIpc) is 2.60. The number of alkyl halides is 3. The fourth-order valence-electron chi connectivity index (χ4n) is 2.45. The van der Waals surface area contributed by atoms with E-state index in [1.807, 2.05) is 0 Å². The van der Waals surface area contributed by atoms with Crippen LogP contribution >= 0.6 is 0 Å². The number of aliphatic hydroxyl groups excluding tert-OH is 1. The average molecular weight is 367 g/mol. The molecule has 0 unspecified atom stereocenters. The second kappa shape index (κ2) is 8.23. The van der Waals surface area contributed by atoms with Crippen molar-refractivity contribution in [3.05, 3.63) is 58.7 Å². The van der Waals surface area contributed by atoms with Crippen molar-refractivity contribution in [2.45, 2.75) is 39.7 Å². The number of hydrogen-bond donors (Lipinski definition) is 2. The minimum atomic E-state index is -4.54. The van der Waals surface area contributed by atoms with Gasteiger partial charge in [0.25, 0.3) is 0 Å². The summed E-state index contributed by atoms with van der Waals surface area (Å²) in [6, 6.07) is 8.71. The van der Waals surface area contributed by atoms with Gasteiger partial charge in [0.05, 0.1) is 12.2 Å². The number of aryl methyl sites for hydroxylation is 1. The normalized spacial score (nSPS) is 11.3. The maximum absolute atomic E-state index is 13.2. The van der Waals surface area contributed by atoms with E-state index in [9.17, 15) is 23.1 Å². The number of rotatable bonds is 6. The Hall–Kier alpha value is -2.54. The van der Waals surface area contributed by atoms with Crippen molar-refractivity contribution >= 4 is 11.6 Å². The first-order valence-corrected chi connectivity index (χ1v) is 8.08. The van der Waals surface area contributed by atoms with Crippen LogP contribution in [-0.2, 0) is 24.2 Å². The Morgan fingerprint density at radius 2 is 1.96 bits per heavy atom. The van der Waals surface area contributed by atoms with Crippen LogP contribution in [0, 0.1) is 6.92 Å². The number of carbonyl (C=O) groups excluding carboxylic acids is 1. The lowest BCUT2D eigenvalue weighted by Gasteiger charge is -2.18. The van der Waals surface area contributed by atoms with Gasteiger partial charge in [0.15, 0.2) is 0 Å². The van der Waals surface area contributed by atoms with E-state index >= 15 is 0 Å². The highest BCUT2D eigenvalue weighted by Gasteiger charge is 2.34. The first-order chi connectivity index (χ1) is 12.3. The molecular weight excluding hydrogens is 347 g/mol. The Balaban J connectivity index is 2.34. The summed E-state index contributed by atoms with van der Waals surface area (Å²) in [5.41, 5.74) is 0.920. The summed E-state index contributed by atoms with van der Waals surface area (Å²) in [7, 11) is 0. The zero-order chi connectivity index (χ0) is 19.3. The van der Waals surface area contributed by atoms with E-state index in [1.165, 1.54) is 12.1 Å². The summed E-state index contributed by atoms with van der Waals surface area (Å²) in [6.45, 7) is 2.71. The molecule has 0 aliphatic rings. The van der Waals surface area contributed by atoms with Crippen LogP contribution in [0.5, 0.6) is 5.75 Å². The number of hydrogen-bond acceptors (Lipinski definition) is 3. The maximum Gasteiger partial charge on any atom is 0.419 e. The van der Waals surface area contributed by atoms with Crippen molar-refractivity contribution in [1.29, 1.82) is 0 Å².